The molecule has 0 bridgehead atoms. The van der Waals surface area contributed by atoms with Crippen molar-refractivity contribution in [1.82, 2.24) is 0 Å². The van der Waals surface area contributed by atoms with Crippen molar-refractivity contribution >= 4 is 11.3 Å². The molecule has 0 amide bonds. The lowest BCUT2D eigenvalue weighted by atomic mass is 9.61. The lowest BCUT2D eigenvalue weighted by Crippen LogP contribution is -2.33. The van der Waals surface area contributed by atoms with Crippen LogP contribution in [0.25, 0.3) is 16.7 Å². The largest absolute Gasteiger partial charge is 0.484 e. The summed E-state index contributed by atoms with van der Waals surface area (Å²) in [5.41, 5.74) is 19.1. The summed E-state index contributed by atoms with van der Waals surface area (Å²) in [5.74, 6) is 2.40. The van der Waals surface area contributed by atoms with Gasteiger partial charge in [0, 0.05) is 34.1 Å². The topological polar surface area (TPSA) is 12.5 Å². The Kier molecular flexibility index (Phi) is 9.77. The molecular formula is C61H55NO. The average Bonchev–Trinajstić information content (AvgIpc) is 3.90. The molecule has 1 aliphatic heterocycles. The Bertz CT molecular complexity index is 2780. The highest BCUT2D eigenvalue weighted by Gasteiger charge is 2.52. The second-order valence-corrected chi connectivity index (χ2v) is 18.6. The van der Waals surface area contributed by atoms with E-state index in [2.05, 4.69) is 193 Å². The van der Waals surface area contributed by atoms with Crippen LogP contribution in [-0.2, 0) is 5.41 Å². The van der Waals surface area contributed by atoms with Gasteiger partial charge in [0.25, 0.3) is 0 Å². The van der Waals surface area contributed by atoms with E-state index in [4.69, 9.17) is 4.74 Å². The maximum absolute atomic E-state index is 7.43. The van der Waals surface area contributed by atoms with Crippen LogP contribution >= 0.6 is 0 Å². The van der Waals surface area contributed by atoms with Crippen molar-refractivity contribution in [3.63, 3.8) is 0 Å². The molecule has 12 rings (SSSR count). The first-order chi connectivity index (χ1) is 31.3. The number of rotatable bonds is 8. The van der Waals surface area contributed by atoms with Gasteiger partial charge in [0.2, 0.25) is 0 Å². The van der Waals surface area contributed by atoms with E-state index < -0.39 is 0 Å². The van der Waals surface area contributed by atoms with Crippen molar-refractivity contribution < 1.29 is 4.74 Å². The zero-order valence-electron chi connectivity index (χ0n) is 36.1. The number of ether oxygens (including phenoxy) is 1. The number of hydrogen-bond donors (Lipinski definition) is 0. The van der Waals surface area contributed by atoms with E-state index in [0.717, 1.165) is 70.0 Å². The lowest BCUT2D eigenvalue weighted by Gasteiger charge is -2.41. The molecule has 0 fully saturated rings. The standard InChI is InChI=1S/C61H55NO/c1-5-16-42(17-6-1)44-28-34-49(35-29-44)62(50-36-30-45(31-37-50)43-18-7-2-8-19-43)51-38-32-46(33-39-51)52-25-15-26-53-54-40-41-57-58(60(54)63-59(52)53)55-24-13-14-27-56(55)61(57,47-20-9-3-10-21-47)48-22-11-4-12-23-48/h1-9,11,13,15-18,20,22,24-26,28-30,32,34-38,40-41,43,45,53,59H,10,12,14,19,21,23,27,31,33,39H2. The number of benzene rings is 3. The molecule has 2 nitrogen and oxygen atoms in total. The lowest BCUT2D eigenvalue weighted by molar-refractivity contribution is 0.256. The van der Waals surface area contributed by atoms with Crippen molar-refractivity contribution in [2.75, 3.05) is 4.90 Å². The van der Waals surface area contributed by atoms with Crippen LogP contribution in [0, 0.1) is 11.8 Å². The number of hydrogen-bond acceptors (Lipinski definition) is 2. The van der Waals surface area contributed by atoms with Crippen LogP contribution < -0.4 is 9.64 Å². The molecule has 8 aliphatic carbocycles. The van der Waals surface area contributed by atoms with E-state index in [1.807, 2.05) is 0 Å². The normalized spacial score (nSPS) is 25.8. The minimum atomic E-state index is -0.194. The SMILES string of the molecule is C1=CCCC(C2(C3=CC=CCC3)C3=C(C=CCC3)c3c2ccc2c3OC3C(C4=CC=C(N(C5=CCC(C6C=CC=CC6)C=C5)c5ccc(-c6ccccc6)cc5)CC4)=CC=CC23)=C1. The third kappa shape index (κ3) is 6.44. The molecule has 3 aromatic rings. The molecular weight excluding hydrogens is 763 g/mol. The van der Waals surface area contributed by atoms with E-state index in [1.165, 1.54) is 61.6 Å². The third-order valence-electron chi connectivity index (χ3n) is 15.3. The van der Waals surface area contributed by atoms with Gasteiger partial charge in [-0.15, -0.1) is 0 Å². The second kappa shape index (κ2) is 16.1. The first-order valence-corrected chi connectivity index (χ1v) is 23.7. The van der Waals surface area contributed by atoms with Gasteiger partial charge < -0.3 is 9.64 Å². The molecule has 0 saturated carbocycles. The van der Waals surface area contributed by atoms with Crippen LogP contribution in [0.1, 0.15) is 86.8 Å². The third-order valence-corrected chi connectivity index (χ3v) is 15.3. The summed E-state index contributed by atoms with van der Waals surface area (Å²) in [6, 6.07) is 24.8. The first kappa shape index (κ1) is 38.3. The quantitative estimate of drug-likeness (QED) is 0.225. The maximum atomic E-state index is 7.43. The second-order valence-electron chi connectivity index (χ2n) is 18.6. The number of fused-ring (bicyclic) bond motifs is 6. The molecule has 2 heteroatoms. The van der Waals surface area contributed by atoms with Gasteiger partial charge in [-0.25, -0.2) is 0 Å². The minimum absolute atomic E-state index is 0.0378. The summed E-state index contributed by atoms with van der Waals surface area (Å²) in [4.78, 5) is 2.51. The van der Waals surface area contributed by atoms with Crippen LogP contribution in [0.4, 0.5) is 5.69 Å². The van der Waals surface area contributed by atoms with Gasteiger partial charge in [-0.1, -0.05) is 175 Å². The molecule has 0 radical (unpaired) electrons. The monoisotopic (exact) mass is 817 g/mol. The van der Waals surface area contributed by atoms with Gasteiger partial charge in [-0.05, 0) is 139 Å². The highest BCUT2D eigenvalue weighted by molar-refractivity contribution is 5.94. The Morgan fingerprint density at radius 1 is 0.587 bits per heavy atom. The number of allylic oxidation sites excluding steroid dienone is 24. The molecule has 310 valence electrons. The van der Waals surface area contributed by atoms with Gasteiger partial charge in [0.15, 0.2) is 0 Å². The Balaban J connectivity index is 0.882. The Labute approximate surface area is 373 Å². The summed E-state index contributed by atoms with van der Waals surface area (Å²) in [6.45, 7) is 0. The highest BCUT2D eigenvalue weighted by Crippen LogP contribution is 2.64. The Morgan fingerprint density at radius 2 is 1.38 bits per heavy atom. The molecule has 1 heterocycles. The zero-order valence-corrected chi connectivity index (χ0v) is 36.1. The van der Waals surface area contributed by atoms with E-state index >= 15 is 0 Å². The fraction of sp³-hybridized carbons (Fsp3) is 0.246. The molecule has 3 aromatic carbocycles. The molecule has 0 aromatic heterocycles. The Morgan fingerprint density at radius 3 is 2.10 bits per heavy atom. The van der Waals surface area contributed by atoms with Gasteiger partial charge in [-0.3, -0.25) is 0 Å². The van der Waals surface area contributed by atoms with E-state index in [1.54, 1.807) is 16.7 Å². The molecule has 0 saturated heterocycles. The van der Waals surface area contributed by atoms with Crippen molar-refractivity contribution in [3.05, 3.63) is 244 Å². The molecule has 9 aliphatic rings. The minimum Gasteiger partial charge on any atom is -0.484 e. The predicted molar refractivity (Wildman–Crippen MR) is 262 cm³/mol. The number of anilines is 1. The highest BCUT2D eigenvalue weighted by atomic mass is 16.5. The van der Waals surface area contributed by atoms with Gasteiger partial charge in [-0.2, -0.15) is 0 Å². The van der Waals surface area contributed by atoms with E-state index in [0.29, 0.717) is 11.8 Å². The average molecular weight is 818 g/mol. The maximum Gasteiger partial charge on any atom is 0.134 e. The smallest absolute Gasteiger partial charge is 0.134 e. The van der Waals surface area contributed by atoms with Crippen LogP contribution in [0.2, 0.25) is 0 Å². The molecule has 0 N–H and O–H groups in total. The van der Waals surface area contributed by atoms with Crippen LogP contribution in [0.5, 0.6) is 5.75 Å². The Hall–Kier alpha value is -6.38. The van der Waals surface area contributed by atoms with Crippen molar-refractivity contribution in [2.45, 2.75) is 81.6 Å². The van der Waals surface area contributed by atoms with Crippen molar-refractivity contribution in [3.8, 4) is 16.9 Å². The summed E-state index contributed by atoms with van der Waals surface area (Å²) >= 11 is 0. The van der Waals surface area contributed by atoms with Crippen molar-refractivity contribution in [1.29, 1.82) is 0 Å². The first-order valence-electron chi connectivity index (χ1n) is 23.7. The van der Waals surface area contributed by atoms with E-state index in [-0.39, 0.29) is 17.4 Å². The van der Waals surface area contributed by atoms with Gasteiger partial charge in [0.1, 0.15) is 11.9 Å². The fourth-order valence-electron chi connectivity index (χ4n) is 12.3. The zero-order chi connectivity index (χ0) is 41.7. The predicted octanol–water partition coefficient (Wildman–Crippen LogP) is 15.3. The van der Waals surface area contributed by atoms with Crippen LogP contribution in [0.3, 0.4) is 0 Å². The van der Waals surface area contributed by atoms with Gasteiger partial charge in [0.05, 0.1) is 5.41 Å². The van der Waals surface area contributed by atoms with Crippen molar-refractivity contribution in [2.24, 2.45) is 11.8 Å². The molecule has 4 unspecified atom stereocenters. The molecule has 4 atom stereocenters. The summed E-state index contributed by atoms with van der Waals surface area (Å²) in [5, 5.41) is 0. The summed E-state index contributed by atoms with van der Waals surface area (Å²) in [7, 11) is 0. The van der Waals surface area contributed by atoms with Crippen LogP contribution in [-0.4, -0.2) is 6.10 Å². The molecule has 0 spiro atoms. The van der Waals surface area contributed by atoms with Crippen LogP contribution in [0.15, 0.2) is 228 Å². The summed E-state index contributed by atoms with van der Waals surface area (Å²) < 4.78 is 7.43. The van der Waals surface area contributed by atoms with E-state index in [9.17, 15) is 0 Å². The molecule has 63 heavy (non-hydrogen) atoms. The number of nitrogens with zero attached hydrogens (tertiary/aromatic N) is 1. The van der Waals surface area contributed by atoms with Gasteiger partial charge >= 0.3 is 0 Å². The summed E-state index contributed by atoms with van der Waals surface area (Å²) in [6.07, 6.45) is 57.9. The fourth-order valence-corrected chi connectivity index (χ4v) is 12.3.